The summed E-state index contributed by atoms with van der Waals surface area (Å²) in [5.41, 5.74) is 6.10. The molecule has 0 aromatic heterocycles. The first-order valence-corrected chi connectivity index (χ1v) is 9.31. The van der Waals surface area contributed by atoms with Crippen LogP contribution in [0.1, 0.15) is 18.4 Å². The molecule has 28 heavy (non-hydrogen) atoms. The van der Waals surface area contributed by atoms with Gasteiger partial charge in [-0.25, -0.2) is 0 Å². The zero-order valence-corrected chi connectivity index (χ0v) is 16.2. The van der Waals surface area contributed by atoms with Gasteiger partial charge in [0.25, 0.3) is 0 Å². The van der Waals surface area contributed by atoms with Crippen LogP contribution in [0.5, 0.6) is 0 Å². The first-order valence-electron chi connectivity index (χ1n) is 9.31. The van der Waals surface area contributed by atoms with Crippen LogP contribution in [0.2, 0.25) is 0 Å². The lowest BCUT2D eigenvalue weighted by Gasteiger charge is -2.28. The molecule has 2 heteroatoms. The molecule has 2 nitrogen and oxygen atoms in total. The van der Waals surface area contributed by atoms with Crippen LogP contribution in [-0.4, -0.2) is 18.2 Å². The second-order valence-electron chi connectivity index (χ2n) is 6.37. The zero-order chi connectivity index (χ0) is 19.8. The number of benzene rings is 1. The van der Waals surface area contributed by atoms with Crippen LogP contribution in [-0.2, 0) is 0 Å². The van der Waals surface area contributed by atoms with Gasteiger partial charge < -0.3 is 4.90 Å². The number of nitrogens with zero attached hydrogens (tertiary/aromatic N) is 2. The Hall–Kier alpha value is -3.57. The Balaban J connectivity index is 2.08. The molecule has 0 spiro atoms. The monoisotopic (exact) mass is 364 g/mol. The van der Waals surface area contributed by atoms with Gasteiger partial charge >= 0.3 is 0 Å². The van der Waals surface area contributed by atoms with Gasteiger partial charge in [-0.15, -0.1) is 0 Å². The van der Waals surface area contributed by atoms with Crippen molar-refractivity contribution in [3.05, 3.63) is 114 Å². The van der Waals surface area contributed by atoms with Crippen LogP contribution in [0, 0.1) is 11.8 Å². The van der Waals surface area contributed by atoms with Crippen molar-refractivity contribution in [3.8, 4) is 11.8 Å². The maximum absolute atomic E-state index is 4.89. The Bertz CT molecular complexity index is 1000. The smallest absolute Gasteiger partial charge is 0.0938 e. The predicted molar refractivity (Wildman–Crippen MR) is 120 cm³/mol. The lowest BCUT2D eigenvalue weighted by atomic mass is 10.0. The minimum atomic E-state index is 0.745. The van der Waals surface area contributed by atoms with E-state index in [4.69, 9.17) is 4.99 Å². The molecule has 0 unspecified atom stereocenters. The molecule has 1 aromatic carbocycles. The quantitative estimate of drug-likeness (QED) is 0.474. The fraction of sp³-hybridized carbons (Fsp3) is 0.115. The summed E-state index contributed by atoms with van der Waals surface area (Å²) in [6.07, 6.45) is 17.5. The Morgan fingerprint density at radius 1 is 1.04 bits per heavy atom. The molecule has 0 saturated heterocycles. The van der Waals surface area contributed by atoms with Crippen molar-refractivity contribution in [2.75, 3.05) is 7.05 Å². The van der Waals surface area contributed by atoms with E-state index in [1.807, 2.05) is 43.6 Å². The molecule has 0 saturated carbocycles. The Morgan fingerprint density at radius 2 is 1.82 bits per heavy atom. The van der Waals surface area contributed by atoms with Crippen LogP contribution < -0.4 is 0 Å². The number of likely N-dealkylation sites (N-methyl/N-ethyl adjacent to an activating group) is 1. The van der Waals surface area contributed by atoms with E-state index < -0.39 is 0 Å². The van der Waals surface area contributed by atoms with Crippen LogP contribution >= 0.6 is 0 Å². The molecule has 0 radical (unpaired) electrons. The predicted octanol–water partition coefficient (Wildman–Crippen LogP) is 5.83. The number of hydrogen-bond acceptors (Lipinski definition) is 2. The molecular weight excluding hydrogens is 340 g/mol. The Morgan fingerprint density at radius 3 is 2.57 bits per heavy atom. The molecule has 0 bridgehead atoms. The minimum absolute atomic E-state index is 0.745. The van der Waals surface area contributed by atoms with Gasteiger partial charge in [0.15, 0.2) is 0 Å². The molecule has 1 heterocycles. The van der Waals surface area contributed by atoms with Gasteiger partial charge in [0.2, 0.25) is 0 Å². The highest BCUT2D eigenvalue weighted by atomic mass is 15.1. The highest BCUT2D eigenvalue weighted by Crippen LogP contribution is 2.30. The van der Waals surface area contributed by atoms with Gasteiger partial charge in [0.05, 0.1) is 11.4 Å². The molecule has 0 amide bonds. The van der Waals surface area contributed by atoms with E-state index in [-0.39, 0.29) is 0 Å². The van der Waals surface area contributed by atoms with Gasteiger partial charge in [0, 0.05) is 37.4 Å². The molecule has 3 rings (SSSR count). The summed E-state index contributed by atoms with van der Waals surface area (Å²) in [6.45, 7) is 7.87. The summed E-state index contributed by atoms with van der Waals surface area (Å²) in [7, 11) is 2.03. The van der Waals surface area contributed by atoms with Gasteiger partial charge in [0.1, 0.15) is 0 Å². The van der Waals surface area contributed by atoms with Crippen LogP contribution in [0.4, 0.5) is 0 Å². The van der Waals surface area contributed by atoms with E-state index in [1.54, 1.807) is 0 Å². The lowest BCUT2D eigenvalue weighted by molar-refractivity contribution is 0.547. The van der Waals surface area contributed by atoms with Crippen molar-refractivity contribution in [1.82, 2.24) is 4.90 Å². The second kappa shape index (κ2) is 9.39. The summed E-state index contributed by atoms with van der Waals surface area (Å²) < 4.78 is 0. The van der Waals surface area contributed by atoms with Gasteiger partial charge in [-0.1, -0.05) is 85.7 Å². The summed E-state index contributed by atoms with van der Waals surface area (Å²) in [4.78, 5) is 7.00. The molecule has 1 aromatic rings. The first kappa shape index (κ1) is 19.2. The van der Waals surface area contributed by atoms with E-state index in [9.17, 15) is 0 Å². The zero-order valence-electron chi connectivity index (χ0n) is 16.2. The van der Waals surface area contributed by atoms with Crippen LogP contribution in [0.25, 0.3) is 5.70 Å². The number of rotatable bonds is 5. The molecule has 0 atom stereocenters. The average Bonchev–Trinajstić information content (AvgIpc) is 2.70. The normalized spacial score (nSPS) is 20.0. The van der Waals surface area contributed by atoms with Gasteiger partial charge in [-0.05, 0) is 23.3 Å². The van der Waals surface area contributed by atoms with Crippen molar-refractivity contribution >= 4 is 11.9 Å². The third kappa shape index (κ3) is 4.39. The largest absolute Gasteiger partial charge is 0.342 e. The second-order valence-corrected chi connectivity index (χ2v) is 6.37. The highest BCUT2D eigenvalue weighted by molar-refractivity contribution is 5.88. The fourth-order valence-electron chi connectivity index (χ4n) is 3.11. The van der Waals surface area contributed by atoms with Crippen molar-refractivity contribution in [2.24, 2.45) is 4.99 Å². The van der Waals surface area contributed by atoms with Crippen LogP contribution in [0.3, 0.4) is 0 Å². The summed E-state index contributed by atoms with van der Waals surface area (Å²) in [6, 6.07) is 10.2. The molecule has 0 fully saturated rings. The van der Waals surface area contributed by atoms with Gasteiger partial charge in [-0.2, -0.15) is 0 Å². The summed E-state index contributed by atoms with van der Waals surface area (Å²) >= 11 is 0. The number of allylic oxidation sites excluding steroid dienone is 9. The van der Waals surface area contributed by atoms with E-state index in [2.05, 4.69) is 72.4 Å². The number of aliphatic imine (C=N–C) groups is 1. The van der Waals surface area contributed by atoms with E-state index in [0.717, 1.165) is 46.6 Å². The standard InChI is InChI=1S/C26H24N2/c1-4-22-18-19-25(28(3)24(22)5-2)26(23-16-12-9-13-17-23)27-20-21-14-10-7-6-8-11-15-21/h4-5,9-10,12-20H,1-2,7,11H2,3H3/b14-10?,21-15+,26-25-,27-20-. The molecule has 0 N–H and O–H groups in total. The third-order valence-corrected chi connectivity index (χ3v) is 4.58. The number of hydrogen-bond donors (Lipinski definition) is 0. The summed E-state index contributed by atoms with van der Waals surface area (Å²) in [5, 5.41) is 0. The molecular formula is C26H24N2. The SMILES string of the molecule is C=CC1=C(C=C)N(C)\C(=C(/N=C\C2=C\CC#CCC=C2)c2ccccc2)C=C1. The third-order valence-electron chi connectivity index (χ3n) is 4.58. The highest BCUT2D eigenvalue weighted by Gasteiger charge is 2.17. The van der Waals surface area contributed by atoms with Gasteiger partial charge in [-0.3, -0.25) is 4.99 Å². The lowest BCUT2D eigenvalue weighted by Crippen LogP contribution is -2.20. The topological polar surface area (TPSA) is 15.6 Å². The molecule has 1 aliphatic carbocycles. The van der Waals surface area contributed by atoms with E-state index in [0.29, 0.717) is 0 Å². The maximum atomic E-state index is 4.89. The van der Waals surface area contributed by atoms with Crippen LogP contribution in [0.15, 0.2) is 114 Å². The average molecular weight is 364 g/mol. The molecule has 138 valence electrons. The summed E-state index contributed by atoms with van der Waals surface area (Å²) in [5.74, 6) is 6.24. The maximum Gasteiger partial charge on any atom is 0.0938 e. The first-order chi connectivity index (χ1) is 13.7. The van der Waals surface area contributed by atoms with Crippen molar-refractivity contribution < 1.29 is 0 Å². The van der Waals surface area contributed by atoms with Crippen molar-refractivity contribution in [3.63, 3.8) is 0 Å². The Labute approximate surface area is 168 Å². The van der Waals surface area contributed by atoms with E-state index >= 15 is 0 Å². The Kier molecular flexibility index (Phi) is 6.44. The molecule has 2 aliphatic rings. The molecule has 1 aliphatic heterocycles. The van der Waals surface area contributed by atoms with Crippen molar-refractivity contribution in [1.29, 1.82) is 0 Å². The minimum Gasteiger partial charge on any atom is -0.342 e. The van der Waals surface area contributed by atoms with E-state index in [1.165, 1.54) is 0 Å². The van der Waals surface area contributed by atoms with Crippen molar-refractivity contribution in [2.45, 2.75) is 12.8 Å². The fourth-order valence-corrected chi connectivity index (χ4v) is 3.11.